The Labute approximate surface area is 190 Å². The van der Waals surface area contributed by atoms with E-state index in [1.54, 1.807) is 0 Å². The Morgan fingerprint density at radius 1 is 1.00 bits per heavy atom. The Bertz CT molecular complexity index is 651. The average molecular weight is 515 g/mol. The van der Waals surface area contributed by atoms with E-state index < -0.39 is 83.6 Å². The molecular formula is C15H22Cl3NO12. The van der Waals surface area contributed by atoms with Gasteiger partial charge in [0.2, 0.25) is 0 Å². The molecule has 2 saturated heterocycles. The molecule has 1 unspecified atom stereocenters. The van der Waals surface area contributed by atoms with Gasteiger partial charge in [0.25, 0.3) is 9.70 Å². The van der Waals surface area contributed by atoms with Crippen LogP contribution in [0.15, 0.2) is 0 Å². The fraction of sp³-hybridized carbons (Fsp3) is 0.867. The van der Waals surface area contributed by atoms with E-state index in [0.29, 0.717) is 0 Å². The Hall–Kier alpha value is -0.550. The summed E-state index contributed by atoms with van der Waals surface area (Å²) in [5.41, 5.74) is 0. The number of hydrogen-bond donors (Lipinski definition) is 7. The maximum atomic E-state index is 12.0. The fourth-order valence-corrected chi connectivity index (χ4v) is 3.22. The number of rotatable bonds is 5. The van der Waals surface area contributed by atoms with Crippen LogP contribution >= 0.6 is 34.8 Å². The number of aliphatic hydroxyl groups excluding tert-OH is 6. The number of carbonyl (C=O) groups excluding carboxylic acids is 2. The molecule has 10 atom stereocenters. The topological polar surface area (TPSA) is 204 Å². The van der Waals surface area contributed by atoms with Gasteiger partial charge in [-0.1, -0.05) is 34.8 Å². The molecule has 2 rings (SSSR count). The number of nitrogens with one attached hydrogen (secondary N) is 1. The lowest BCUT2D eigenvalue weighted by Crippen LogP contribution is -2.68. The van der Waals surface area contributed by atoms with E-state index in [0.717, 1.165) is 7.11 Å². The van der Waals surface area contributed by atoms with E-state index in [1.165, 1.54) is 0 Å². The van der Waals surface area contributed by atoms with Crippen LogP contribution in [0.25, 0.3) is 0 Å². The van der Waals surface area contributed by atoms with Gasteiger partial charge in [-0.15, -0.1) is 0 Å². The maximum absolute atomic E-state index is 12.0. The van der Waals surface area contributed by atoms with Crippen molar-refractivity contribution in [3.05, 3.63) is 0 Å². The van der Waals surface area contributed by atoms with Gasteiger partial charge in [0, 0.05) is 0 Å². The highest BCUT2D eigenvalue weighted by molar-refractivity contribution is 6.76. The van der Waals surface area contributed by atoms with Crippen LogP contribution in [0, 0.1) is 0 Å². The van der Waals surface area contributed by atoms with E-state index in [2.05, 4.69) is 10.1 Å². The Balaban J connectivity index is 2.30. The molecule has 0 bridgehead atoms. The summed E-state index contributed by atoms with van der Waals surface area (Å²) in [6, 6.07) is -1.63. The molecule has 0 aliphatic carbocycles. The molecule has 31 heavy (non-hydrogen) atoms. The Morgan fingerprint density at radius 3 is 2.13 bits per heavy atom. The van der Waals surface area contributed by atoms with E-state index in [4.69, 9.17) is 49.0 Å². The zero-order valence-corrected chi connectivity index (χ0v) is 18.0. The number of ether oxygens (including phenoxy) is 4. The second-order valence-corrected chi connectivity index (χ2v) is 9.04. The minimum Gasteiger partial charge on any atom is -0.467 e. The number of hydrogen-bond acceptors (Lipinski definition) is 12. The molecule has 0 aromatic rings. The van der Waals surface area contributed by atoms with Gasteiger partial charge in [-0.05, 0) is 0 Å². The largest absolute Gasteiger partial charge is 0.467 e. The molecule has 0 aromatic carbocycles. The summed E-state index contributed by atoms with van der Waals surface area (Å²) in [7, 11) is 0.985. The monoisotopic (exact) mass is 513 g/mol. The SMILES string of the molecule is COC(=O)[C@H]1O[C@@H](O[C@H]2[C@@H](O)[C@@H](CO)OC(O)[C@@H]2NC(=O)C(Cl)(Cl)Cl)[C@H](O)[C@@H](O)[C@@H]1O. The van der Waals surface area contributed by atoms with Crippen molar-refractivity contribution in [2.75, 3.05) is 13.7 Å². The zero-order valence-electron chi connectivity index (χ0n) is 15.7. The minimum atomic E-state index is -2.47. The molecule has 13 nitrogen and oxygen atoms in total. The van der Waals surface area contributed by atoms with Crippen molar-refractivity contribution >= 4 is 46.7 Å². The molecule has 2 fully saturated rings. The van der Waals surface area contributed by atoms with Crippen molar-refractivity contribution < 1.29 is 59.2 Å². The summed E-state index contributed by atoms with van der Waals surface area (Å²) in [5.74, 6) is -2.34. The van der Waals surface area contributed by atoms with Crippen molar-refractivity contribution in [3.63, 3.8) is 0 Å². The number of methoxy groups -OCH3 is 1. The zero-order chi connectivity index (χ0) is 23.7. The van der Waals surface area contributed by atoms with Crippen LogP contribution in [0.4, 0.5) is 0 Å². The lowest BCUT2D eigenvalue weighted by molar-refractivity contribution is -0.336. The minimum absolute atomic E-state index is 0.788. The lowest BCUT2D eigenvalue weighted by atomic mass is 9.95. The summed E-state index contributed by atoms with van der Waals surface area (Å²) in [5, 5.41) is 62.3. The number of halogens is 3. The Kier molecular flexibility index (Phi) is 9.12. The second-order valence-electron chi connectivity index (χ2n) is 6.76. The molecule has 2 heterocycles. The van der Waals surface area contributed by atoms with Crippen molar-refractivity contribution in [2.24, 2.45) is 0 Å². The highest BCUT2D eigenvalue weighted by Gasteiger charge is 2.53. The fourth-order valence-electron chi connectivity index (χ4n) is 3.06. The van der Waals surface area contributed by atoms with Gasteiger partial charge in [0.1, 0.15) is 42.7 Å². The first kappa shape index (κ1) is 26.7. The second kappa shape index (κ2) is 10.6. The van der Waals surface area contributed by atoms with Crippen LogP contribution in [0.1, 0.15) is 0 Å². The number of esters is 1. The summed E-state index contributed by atoms with van der Waals surface area (Å²) in [4.78, 5) is 23.8. The molecule has 0 spiro atoms. The Morgan fingerprint density at radius 2 is 1.61 bits per heavy atom. The molecule has 16 heteroatoms. The van der Waals surface area contributed by atoms with Crippen molar-refractivity contribution in [1.82, 2.24) is 5.32 Å². The van der Waals surface area contributed by atoms with Crippen LogP contribution in [0.2, 0.25) is 0 Å². The molecule has 0 radical (unpaired) electrons. The number of amides is 1. The molecule has 1 amide bonds. The highest BCUT2D eigenvalue weighted by Crippen LogP contribution is 2.31. The molecule has 2 aliphatic rings. The van der Waals surface area contributed by atoms with Crippen LogP contribution in [0.5, 0.6) is 0 Å². The number of alkyl halides is 3. The van der Waals surface area contributed by atoms with Gasteiger partial charge in [0.05, 0.1) is 13.7 Å². The van der Waals surface area contributed by atoms with Crippen molar-refractivity contribution in [1.29, 1.82) is 0 Å². The standard InChI is InChI=1S/C15H22Cl3NO12/c1-28-12(26)10-7(23)6(22)8(24)13(31-10)30-9-4(19-14(27)15(16,17)18)11(25)29-3(2-20)5(9)21/h3-11,13,20-25H,2H2,1H3,(H,19,27)/t3-,4-,5+,6+,7+,8-,9-,10+,11?,13-/m1/s1. The van der Waals surface area contributed by atoms with E-state index in [1.807, 2.05) is 0 Å². The van der Waals surface area contributed by atoms with Crippen LogP contribution in [0.3, 0.4) is 0 Å². The van der Waals surface area contributed by atoms with Gasteiger partial charge in [-0.2, -0.15) is 0 Å². The van der Waals surface area contributed by atoms with E-state index in [9.17, 15) is 40.2 Å². The summed E-state index contributed by atoms with van der Waals surface area (Å²) in [6.07, 6.45) is -16.1. The third-order valence-electron chi connectivity index (χ3n) is 4.72. The molecule has 7 N–H and O–H groups in total. The summed E-state index contributed by atoms with van der Waals surface area (Å²) < 4.78 is 17.6. The first-order valence-corrected chi connectivity index (χ1v) is 9.90. The van der Waals surface area contributed by atoms with Gasteiger partial charge < -0.3 is 54.9 Å². The van der Waals surface area contributed by atoms with Gasteiger partial charge in [0.15, 0.2) is 18.7 Å². The molecule has 0 aromatic heterocycles. The number of aliphatic hydroxyl groups is 6. The van der Waals surface area contributed by atoms with Crippen molar-refractivity contribution in [2.45, 2.75) is 65.1 Å². The first-order chi connectivity index (χ1) is 14.3. The number of carbonyl (C=O) groups is 2. The van der Waals surface area contributed by atoms with Gasteiger partial charge in [-0.3, -0.25) is 4.79 Å². The van der Waals surface area contributed by atoms with Crippen molar-refractivity contribution in [3.8, 4) is 0 Å². The smallest absolute Gasteiger partial charge is 0.337 e. The first-order valence-electron chi connectivity index (χ1n) is 8.76. The third kappa shape index (κ3) is 5.88. The summed E-state index contributed by atoms with van der Waals surface area (Å²) in [6.45, 7) is -0.788. The van der Waals surface area contributed by atoms with Crippen LogP contribution < -0.4 is 5.32 Å². The third-order valence-corrected chi connectivity index (χ3v) is 5.24. The summed E-state index contributed by atoms with van der Waals surface area (Å²) >= 11 is 16.5. The maximum Gasteiger partial charge on any atom is 0.337 e. The van der Waals surface area contributed by atoms with E-state index >= 15 is 0 Å². The van der Waals surface area contributed by atoms with Gasteiger partial charge in [-0.25, -0.2) is 4.79 Å². The predicted molar refractivity (Wildman–Crippen MR) is 99.8 cm³/mol. The molecule has 180 valence electrons. The van der Waals surface area contributed by atoms with Crippen LogP contribution in [-0.4, -0.2) is 121 Å². The quantitative estimate of drug-likeness (QED) is 0.140. The average Bonchev–Trinajstić information content (AvgIpc) is 2.71. The highest BCUT2D eigenvalue weighted by atomic mass is 35.6. The lowest BCUT2D eigenvalue weighted by Gasteiger charge is -2.46. The van der Waals surface area contributed by atoms with E-state index in [-0.39, 0.29) is 0 Å². The molecule has 0 saturated carbocycles. The predicted octanol–water partition coefficient (Wildman–Crippen LogP) is -3.72. The van der Waals surface area contributed by atoms with Gasteiger partial charge >= 0.3 is 5.97 Å². The van der Waals surface area contributed by atoms with Crippen LogP contribution in [-0.2, 0) is 28.5 Å². The normalized spacial score (nSPS) is 41.5. The molecule has 2 aliphatic heterocycles. The molecular weight excluding hydrogens is 493 g/mol.